The van der Waals surface area contributed by atoms with Gasteiger partial charge in [-0.25, -0.2) is 8.78 Å². The van der Waals surface area contributed by atoms with Gasteiger partial charge in [-0.05, 0) is 24.6 Å². The molecule has 1 unspecified atom stereocenters. The molecule has 0 aliphatic rings. The number of aryl methyl sites for hydroxylation is 1. The Balaban J connectivity index is 3.15. The van der Waals surface area contributed by atoms with Crippen LogP contribution in [0, 0.1) is 18.6 Å². The van der Waals surface area contributed by atoms with Crippen molar-refractivity contribution >= 4 is 0 Å². The Morgan fingerprint density at radius 3 is 2.46 bits per heavy atom. The standard InChI is InChI=1S/C9H10F2O2/c1-5-2-8(11)6(3-7(5)10)9(13)4-12/h2-3,9,12-13H,4H2,1H3. The Labute approximate surface area is 74.4 Å². The second kappa shape index (κ2) is 3.81. The molecule has 72 valence electrons. The molecule has 0 saturated carbocycles. The topological polar surface area (TPSA) is 40.5 Å². The molecule has 1 aromatic rings. The maximum Gasteiger partial charge on any atom is 0.129 e. The van der Waals surface area contributed by atoms with Crippen LogP contribution in [0.5, 0.6) is 0 Å². The van der Waals surface area contributed by atoms with Crippen molar-refractivity contribution in [2.45, 2.75) is 13.0 Å². The number of aliphatic hydroxyl groups is 2. The van der Waals surface area contributed by atoms with Crippen LogP contribution in [0.25, 0.3) is 0 Å². The molecule has 0 saturated heterocycles. The minimum atomic E-state index is -1.37. The van der Waals surface area contributed by atoms with Crippen molar-refractivity contribution in [3.8, 4) is 0 Å². The van der Waals surface area contributed by atoms with Crippen LogP contribution < -0.4 is 0 Å². The Bertz CT molecular complexity index is 313. The van der Waals surface area contributed by atoms with Crippen molar-refractivity contribution in [3.63, 3.8) is 0 Å². The molecule has 0 bridgehead atoms. The molecule has 13 heavy (non-hydrogen) atoms. The summed E-state index contributed by atoms with van der Waals surface area (Å²) in [5.41, 5.74) is -0.0445. The van der Waals surface area contributed by atoms with E-state index in [0.29, 0.717) is 0 Å². The highest BCUT2D eigenvalue weighted by Gasteiger charge is 2.14. The molecule has 1 aromatic carbocycles. The lowest BCUT2D eigenvalue weighted by Crippen LogP contribution is -2.06. The zero-order chi connectivity index (χ0) is 10.0. The van der Waals surface area contributed by atoms with Crippen LogP contribution in [0.3, 0.4) is 0 Å². The number of hydrogen-bond acceptors (Lipinski definition) is 2. The Hall–Kier alpha value is -1.00. The van der Waals surface area contributed by atoms with Crippen molar-refractivity contribution < 1.29 is 19.0 Å². The maximum absolute atomic E-state index is 13.0. The van der Waals surface area contributed by atoms with Crippen molar-refractivity contribution in [3.05, 3.63) is 34.9 Å². The first-order valence-electron chi connectivity index (χ1n) is 3.80. The molecule has 0 aromatic heterocycles. The summed E-state index contributed by atoms with van der Waals surface area (Å²) in [7, 11) is 0. The van der Waals surface area contributed by atoms with Gasteiger partial charge in [-0.1, -0.05) is 0 Å². The Morgan fingerprint density at radius 2 is 1.92 bits per heavy atom. The predicted molar refractivity (Wildman–Crippen MR) is 43.1 cm³/mol. The highest BCUT2D eigenvalue weighted by molar-refractivity contribution is 5.26. The molecular weight excluding hydrogens is 178 g/mol. The Morgan fingerprint density at radius 1 is 1.31 bits per heavy atom. The van der Waals surface area contributed by atoms with Gasteiger partial charge in [-0.2, -0.15) is 0 Å². The van der Waals surface area contributed by atoms with Gasteiger partial charge in [-0.15, -0.1) is 0 Å². The van der Waals surface area contributed by atoms with Crippen LogP contribution >= 0.6 is 0 Å². The van der Waals surface area contributed by atoms with Crippen LogP contribution in [-0.4, -0.2) is 16.8 Å². The van der Waals surface area contributed by atoms with Gasteiger partial charge in [0.2, 0.25) is 0 Å². The number of hydrogen-bond donors (Lipinski definition) is 2. The van der Waals surface area contributed by atoms with Crippen LogP contribution in [0.2, 0.25) is 0 Å². The summed E-state index contributed by atoms with van der Waals surface area (Å²) in [6.07, 6.45) is -1.37. The number of aliphatic hydroxyl groups excluding tert-OH is 2. The minimum Gasteiger partial charge on any atom is -0.393 e. The zero-order valence-electron chi connectivity index (χ0n) is 7.09. The third kappa shape index (κ3) is 2.02. The third-order valence-corrected chi connectivity index (χ3v) is 1.81. The summed E-state index contributed by atoms with van der Waals surface area (Å²) >= 11 is 0. The lowest BCUT2D eigenvalue weighted by Gasteiger charge is -2.09. The smallest absolute Gasteiger partial charge is 0.129 e. The van der Waals surface area contributed by atoms with E-state index in [1.807, 2.05) is 0 Å². The second-order valence-electron chi connectivity index (χ2n) is 2.82. The van der Waals surface area contributed by atoms with E-state index < -0.39 is 24.3 Å². The largest absolute Gasteiger partial charge is 0.393 e. The summed E-state index contributed by atoms with van der Waals surface area (Å²) in [6.45, 7) is 0.799. The third-order valence-electron chi connectivity index (χ3n) is 1.81. The zero-order valence-corrected chi connectivity index (χ0v) is 7.09. The van der Waals surface area contributed by atoms with Gasteiger partial charge in [0, 0.05) is 5.56 Å². The Kier molecular flexibility index (Phi) is 2.95. The molecule has 1 atom stereocenters. The fourth-order valence-corrected chi connectivity index (χ4v) is 1.02. The van der Waals surface area contributed by atoms with E-state index in [0.717, 1.165) is 12.1 Å². The molecule has 0 heterocycles. The number of benzene rings is 1. The quantitative estimate of drug-likeness (QED) is 0.734. The molecule has 0 spiro atoms. The molecule has 1 rings (SSSR count). The first-order valence-corrected chi connectivity index (χ1v) is 3.80. The molecule has 4 heteroatoms. The summed E-state index contributed by atoms with van der Waals surface area (Å²) in [4.78, 5) is 0. The lowest BCUT2D eigenvalue weighted by atomic mass is 10.1. The normalized spacial score (nSPS) is 13.0. The second-order valence-corrected chi connectivity index (χ2v) is 2.82. The molecule has 2 nitrogen and oxygen atoms in total. The van der Waals surface area contributed by atoms with E-state index in [1.54, 1.807) is 0 Å². The average Bonchev–Trinajstić information content (AvgIpc) is 2.10. The SMILES string of the molecule is Cc1cc(F)c(C(O)CO)cc1F. The van der Waals surface area contributed by atoms with E-state index in [2.05, 4.69) is 0 Å². The number of rotatable bonds is 2. The average molecular weight is 188 g/mol. The summed E-state index contributed by atoms with van der Waals surface area (Å²) in [6, 6.07) is 1.88. The summed E-state index contributed by atoms with van der Waals surface area (Å²) in [5.74, 6) is -1.30. The lowest BCUT2D eigenvalue weighted by molar-refractivity contribution is 0.0923. The van der Waals surface area contributed by atoms with Gasteiger partial charge in [0.05, 0.1) is 6.61 Å². The highest BCUT2D eigenvalue weighted by Crippen LogP contribution is 2.20. The van der Waals surface area contributed by atoms with E-state index in [9.17, 15) is 8.78 Å². The van der Waals surface area contributed by atoms with Crippen LogP contribution in [0.4, 0.5) is 8.78 Å². The summed E-state index contributed by atoms with van der Waals surface area (Å²) < 4.78 is 25.9. The summed E-state index contributed by atoms with van der Waals surface area (Å²) in [5, 5.41) is 17.6. The van der Waals surface area contributed by atoms with Gasteiger partial charge in [0.1, 0.15) is 17.7 Å². The molecule has 0 aliphatic heterocycles. The van der Waals surface area contributed by atoms with Gasteiger partial charge in [0.15, 0.2) is 0 Å². The monoisotopic (exact) mass is 188 g/mol. The van der Waals surface area contributed by atoms with Gasteiger partial charge >= 0.3 is 0 Å². The van der Waals surface area contributed by atoms with Crippen molar-refractivity contribution in [2.24, 2.45) is 0 Å². The van der Waals surface area contributed by atoms with E-state index in [-0.39, 0.29) is 11.1 Å². The van der Waals surface area contributed by atoms with Crippen LogP contribution in [0.15, 0.2) is 12.1 Å². The first kappa shape index (κ1) is 10.1. The van der Waals surface area contributed by atoms with E-state index >= 15 is 0 Å². The molecular formula is C9H10F2O2. The van der Waals surface area contributed by atoms with Crippen molar-refractivity contribution in [1.29, 1.82) is 0 Å². The maximum atomic E-state index is 13.0. The molecule has 2 N–H and O–H groups in total. The molecule has 0 aliphatic carbocycles. The van der Waals surface area contributed by atoms with E-state index in [1.165, 1.54) is 6.92 Å². The van der Waals surface area contributed by atoms with Gasteiger partial charge in [0.25, 0.3) is 0 Å². The van der Waals surface area contributed by atoms with Crippen LogP contribution in [0.1, 0.15) is 17.2 Å². The molecule has 0 amide bonds. The number of halogens is 2. The van der Waals surface area contributed by atoms with Crippen LogP contribution in [-0.2, 0) is 0 Å². The molecule has 0 fully saturated rings. The highest BCUT2D eigenvalue weighted by atomic mass is 19.1. The van der Waals surface area contributed by atoms with Gasteiger partial charge < -0.3 is 10.2 Å². The fourth-order valence-electron chi connectivity index (χ4n) is 1.02. The fraction of sp³-hybridized carbons (Fsp3) is 0.333. The molecule has 0 radical (unpaired) electrons. The van der Waals surface area contributed by atoms with Gasteiger partial charge in [-0.3, -0.25) is 0 Å². The first-order chi connectivity index (χ1) is 6.06. The van der Waals surface area contributed by atoms with Crippen molar-refractivity contribution in [1.82, 2.24) is 0 Å². The van der Waals surface area contributed by atoms with Crippen molar-refractivity contribution in [2.75, 3.05) is 6.61 Å². The predicted octanol–water partition coefficient (Wildman–Crippen LogP) is 1.30. The minimum absolute atomic E-state index is 0.173. The van der Waals surface area contributed by atoms with E-state index in [4.69, 9.17) is 10.2 Å².